The maximum absolute atomic E-state index is 12.2. The molecule has 1 aliphatic heterocycles. The number of nitrogens with zero attached hydrogens (tertiary/aromatic N) is 1. The summed E-state index contributed by atoms with van der Waals surface area (Å²) in [5.74, 6) is 0.829. The second-order valence-electron chi connectivity index (χ2n) is 5.31. The number of benzene rings is 1. The summed E-state index contributed by atoms with van der Waals surface area (Å²) in [5, 5.41) is 0. The second-order valence-corrected chi connectivity index (χ2v) is 5.31. The molecular weight excluding hydrogens is 254 g/mol. The van der Waals surface area contributed by atoms with E-state index in [0.29, 0.717) is 13.1 Å². The number of morpholine rings is 1. The number of ether oxygens (including phenoxy) is 2. The van der Waals surface area contributed by atoms with Crippen molar-refractivity contribution in [3.63, 3.8) is 0 Å². The minimum Gasteiger partial charge on any atom is -0.483 e. The summed E-state index contributed by atoms with van der Waals surface area (Å²) in [6.07, 6.45) is 1.08. The number of hydrogen-bond acceptors (Lipinski definition) is 3. The van der Waals surface area contributed by atoms with Gasteiger partial charge in [0, 0.05) is 13.1 Å². The Morgan fingerprint density at radius 1 is 1.30 bits per heavy atom. The Balaban J connectivity index is 1.91. The average Bonchev–Trinajstić information content (AvgIpc) is 2.44. The first kappa shape index (κ1) is 14.9. The van der Waals surface area contributed by atoms with Gasteiger partial charge in [-0.15, -0.1) is 0 Å². The molecule has 110 valence electrons. The van der Waals surface area contributed by atoms with Crippen molar-refractivity contribution in [1.29, 1.82) is 0 Å². The van der Waals surface area contributed by atoms with Crippen molar-refractivity contribution in [2.45, 2.75) is 39.4 Å². The van der Waals surface area contributed by atoms with Gasteiger partial charge in [0.2, 0.25) is 0 Å². The van der Waals surface area contributed by atoms with E-state index in [0.717, 1.165) is 17.7 Å². The molecule has 1 amide bonds. The lowest BCUT2D eigenvalue weighted by molar-refractivity contribution is -0.145. The van der Waals surface area contributed by atoms with Crippen LogP contribution in [0, 0.1) is 0 Å². The lowest BCUT2D eigenvalue weighted by atomic mass is 10.1. The molecule has 1 heterocycles. The van der Waals surface area contributed by atoms with Crippen LogP contribution in [0.15, 0.2) is 24.3 Å². The zero-order valence-corrected chi connectivity index (χ0v) is 12.5. The fourth-order valence-electron chi connectivity index (χ4n) is 2.55. The number of amides is 1. The van der Waals surface area contributed by atoms with Crippen molar-refractivity contribution >= 4 is 5.91 Å². The molecule has 0 bridgehead atoms. The maximum Gasteiger partial charge on any atom is 0.260 e. The van der Waals surface area contributed by atoms with Gasteiger partial charge in [-0.3, -0.25) is 4.79 Å². The van der Waals surface area contributed by atoms with E-state index < -0.39 is 0 Å². The molecular formula is C16H23NO3. The number of para-hydroxylation sites is 1. The van der Waals surface area contributed by atoms with Gasteiger partial charge >= 0.3 is 0 Å². The zero-order valence-electron chi connectivity index (χ0n) is 12.5. The highest BCUT2D eigenvalue weighted by molar-refractivity contribution is 5.78. The Morgan fingerprint density at radius 2 is 1.95 bits per heavy atom. The number of carbonyl (C=O) groups excluding carboxylic acids is 1. The molecule has 0 aromatic heterocycles. The van der Waals surface area contributed by atoms with Gasteiger partial charge in [-0.2, -0.15) is 0 Å². The molecule has 4 heteroatoms. The van der Waals surface area contributed by atoms with Gasteiger partial charge in [0.15, 0.2) is 6.61 Å². The SMILES string of the molecule is CCc1ccccc1OCC(=O)N1CC(C)OC(C)C1. The van der Waals surface area contributed by atoms with Gasteiger partial charge in [-0.25, -0.2) is 0 Å². The monoisotopic (exact) mass is 277 g/mol. The highest BCUT2D eigenvalue weighted by atomic mass is 16.5. The van der Waals surface area contributed by atoms with Gasteiger partial charge in [0.1, 0.15) is 5.75 Å². The van der Waals surface area contributed by atoms with Crippen LogP contribution in [0.25, 0.3) is 0 Å². The lowest BCUT2D eigenvalue weighted by Gasteiger charge is -2.35. The molecule has 1 saturated heterocycles. The quantitative estimate of drug-likeness (QED) is 0.847. The number of rotatable bonds is 4. The van der Waals surface area contributed by atoms with Crippen molar-refractivity contribution in [2.24, 2.45) is 0 Å². The van der Waals surface area contributed by atoms with Crippen LogP contribution < -0.4 is 4.74 Å². The minimum atomic E-state index is 0.0258. The fourth-order valence-corrected chi connectivity index (χ4v) is 2.55. The molecule has 0 N–H and O–H groups in total. The standard InChI is InChI=1S/C16H23NO3/c1-4-14-7-5-6-8-15(14)19-11-16(18)17-9-12(2)20-13(3)10-17/h5-8,12-13H,4,9-11H2,1-3H3. The lowest BCUT2D eigenvalue weighted by Crippen LogP contribution is -2.49. The first-order chi connectivity index (χ1) is 9.60. The highest BCUT2D eigenvalue weighted by Crippen LogP contribution is 2.18. The Bertz CT molecular complexity index is 451. The van der Waals surface area contributed by atoms with E-state index in [2.05, 4.69) is 6.92 Å². The molecule has 0 aliphatic carbocycles. The summed E-state index contributed by atoms with van der Waals surface area (Å²) in [6.45, 7) is 7.43. The molecule has 20 heavy (non-hydrogen) atoms. The molecule has 1 aromatic carbocycles. The van der Waals surface area contributed by atoms with Crippen LogP contribution >= 0.6 is 0 Å². The van der Waals surface area contributed by atoms with E-state index in [9.17, 15) is 4.79 Å². The van der Waals surface area contributed by atoms with E-state index in [1.54, 1.807) is 0 Å². The summed E-state index contributed by atoms with van der Waals surface area (Å²) >= 11 is 0. The van der Waals surface area contributed by atoms with Crippen LogP contribution in [0.2, 0.25) is 0 Å². The van der Waals surface area contributed by atoms with Crippen LogP contribution in [0.4, 0.5) is 0 Å². The van der Waals surface area contributed by atoms with Crippen molar-refractivity contribution in [2.75, 3.05) is 19.7 Å². The summed E-state index contributed by atoms with van der Waals surface area (Å²) in [6, 6.07) is 7.85. The molecule has 1 aromatic rings. The predicted octanol–water partition coefficient (Wildman–Crippen LogP) is 2.26. The third-order valence-electron chi connectivity index (χ3n) is 3.48. The Kier molecular flexibility index (Phi) is 5.01. The van der Waals surface area contributed by atoms with E-state index in [-0.39, 0.29) is 24.7 Å². The van der Waals surface area contributed by atoms with Crippen molar-refractivity contribution in [3.05, 3.63) is 29.8 Å². The Morgan fingerprint density at radius 3 is 2.60 bits per heavy atom. The molecule has 0 radical (unpaired) electrons. The van der Waals surface area contributed by atoms with Crippen LogP contribution in [0.3, 0.4) is 0 Å². The molecule has 0 spiro atoms. The molecule has 1 fully saturated rings. The largest absolute Gasteiger partial charge is 0.483 e. The van der Waals surface area contributed by atoms with Crippen molar-refractivity contribution in [1.82, 2.24) is 4.90 Å². The van der Waals surface area contributed by atoms with Crippen molar-refractivity contribution in [3.8, 4) is 5.75 Å². The van der Waals surface area contributed by atoms with Gasteiger partial charge in [-0.1, -0.05) is 25.1 Å². The molecule has 2 rings (SSSR count). The Hall–Kier alpha value is -1.55. The summed E-state index contributed by atoms with van der Waals surface area (Å²) in [7, 11) is 0. The van der Waals surface area contributed by atoms with Crippen LogP contribution in [0.1, 0.15) is 26.3 Å². The van der Waals surface area contributed by atoms with Crippen LogP contribution in [0.5, 0.6) is 5.75 Å². The highest BCUT2D eigenvalue weighted by Gasteiger charge is 2.26. The first-order valence-corrected chi connectivity index (χ1v) is 7.24. The molecule has 2 unspecified atom stereocenters. The van der Waals surface area contributed by atoms with Gasteiger partial charge in [0.05, 0.1) is 12.2 Å². The summed E-state index contributed by atoms with van der Waals surface area (Å²) < 4.78 is 11.3. The summed E-state index contributed by atoms with van der Waals surface area (Å²) in [4.78, 5) is 14.0. The first-order valence-electron chi connectivity index (χ1n) is 7.24. The topological polar surface area (TPSA) is 38.8 Å². The number of hydrogen-bond donors (Lipinski definition) is 0. The van der Waals surface area contributed by atoms with Crippen LogP contribution in [-0.2, 0) is 16.0 Å². The molecule has 1 aliphatic rings. The summed E-state index contributed by atoms with van der Waals surface area (Å²) in [5.41, 5.74) is 1.13. The third kappa shape index (κ3) is 3.73. The van der Waals surface area contributed by atoms with E-state index in [1.807, 2.05) is 43.0 Å². The van der Waals surface area contributed by atoms with E-state index >= 15 is 0 Å². The van der Waals surface area contributed by atoms with Crippen molar-refractivity contribution < 1.29 is 14.3 Å². The van der Waals surface area contributed by atoms with Gasteiger partial charge in [0.25, 0.3) is 5.91 Å². The molecule has 2 atom stereocenters. The smallest absolute Gasteiger partial charge is 0.260 e. The zero-order chi connectivity index (χ0) is 14.5. The van der Waals surface area contributed by atoms with Gasteiger partial charge < -0.3 is 14.4 Å². The maximum atomic E-state index is 12.2. The molecule has 0 saturated carbocycles. The predicted molar refractivity (Wildman–Crippen MR) is 77.9 cm³/mol. The fraction of sp³-hybridized carbons (Fsp3) is 0.562. The average molecular weight is 277 g/mol. The second kappa shape index (κ2) is 6.75. The number of carbonyl (C=O) groups is 1. The van der Waals surface area contributed by atoms with E-state index in [4.69, 9.17) is 9.47 Å². The third-order valence-corrected chi connectivity index (χ3v) is 3.48. The normalized spacial score (nSPS) is 22.6. The van der Waals surface area contributed by atoms with Crippen LogP contribution in [-0.4, -0.2) is 42.7 Å². The number of aryl methyl sites for hydroxylation is 1. The van der Waals surface area contributed by atoms with E-state index in [1.165, 1.54) is 0 Å². The van der Waals surface area contributed by atoms with Gasteiger partial charge in [-0.05, 0) is 31.9 Å². The minimum absolute atomic E-state index is 0.0258. The molecule has 4 nitrogen and oxygen atoms in total. The Labute approximate surface area is 120 Å².